The zero-order chi connectivity index (χ0) is 21.0. The van der Waals surface area contributed by atoms with Crippen LogP contribution in [0.2, 0.25) is 0 Å². The van der Waals surface area contributed by atoms with Gasteiger partial charge in [0.25, 0.3) is 5.91 Å². The number of nitrogens with zero attached hydrogens (tertiary/aromatic N) is 1. The number of benzene rings is 1. The summed E-state index contributed by atoms with van der Waals surface area (Å²) in [4.78, 5) is 27.0. The van der Waals surface area contributed by atoms with E-state index in [4.69, 9.17) is 14.2 Å². The Morgan fingerprint density at radius 1 is 1.00 bits per heavy atom. The van der Waals surface area contributed by atoms with Crippen LogP contribution in [0.4, 0.5) is 0 Å². The highest BCUT2D eigenvalue weighted by Crippen LogP contribution is 2.29. The average Bonchev–Trinajstić information content (AvgIpc) is 3.35. The minimum absolute atomic E-state index is 0.0106. The van der Waals surface area contributed by atoms with Crippen LogP contribution in [0.3, 0.4) is 0 Å². The Morgan fingerprint density at radius 2 is 1.62 bits per heavy atom. The van der Waals surface area contributed by atoms with E-state index in [9.17, 15) is 18.0 Å². The molecule has 1 atom stereocenters. The van der Waals surface area contributed by atoms with Crippen molar-refractivity contribution in [2.75, 3.05) is 32.3 Å². The molecule has 3 rings (SSSR count). The number of carbonyl (C=O) groups is 2. The molecule has 1 heterocycles. The third kappa shape index (κ3) is 5.20. The lowest BCUT2D eigenvalue weighted by Gasteiger charge is -2.33. The normalized spacial score (nSPS) is 21.0. The summed E-state index contributed by atoms with van der Waals surface area (Å²) in [5.74, 6) is -0.0608. The summed E-state index contributed by atoms with van der Waals surface area (Å²) in [6.07, 6.45) is 4.16. The van der Waals surface area contributed by atoms with Crippen LogP contribution in [0.1, 0.15) is 42.5 Å². The van der Waals surface area contributed by atoms with E-state index >= 15 is 0 Å². The van der Waals surface area contributed by atoms with Gasteiger partial charge in [-0.25, -0.2) is 13.2 Å². The second-order valence-corrected chi connectivity index (χ2v) is 9.70. The van der Waals surface area contributed by atoms with Crippen LogP contribution in [0.15, 0.2) is 18.2 Å². The second kappa shape index (κ2) is 9.02. The fourth-order valence-electron chi connectivity index (χ4n) is 4.09. The van der Waals surface area contributed by atoms with Gasteiger partial charge in [-0.2, -0.15) is 0 Å². The fraction of sp³-hybridized carbons (Fsp3) is 0.600. The Bertz CT molecular complexity index is 839. The Morgan fingerprint density at radius 3 is 2.14 bits per heavy atom. The number of methoxy groups -OCH3 is 2. The summed E-state index contributed by atoms with van der Waals surface area (Å²) in [7, 11) is -0.173. The maximum absolute atomic E-state index is 12.9. The van der Waals surface area contributed by atoms with Crippen LogP contribution in [0, 0.1) is 0 Å². The molecule has 0 unspecified atom stereocenters. The zero-order valence-corrected chi connectivity index (χ0v) is 17.6. The van der Waals surface area contributed by atoms with Crippen molar-refractivity contribution in [3.05, 3.63) is 23.8 Å². The molecule has 2 aliphatic rings. The van der Waals surface area contributed by atoms with Crippen molar-refractivity contribution in [3.8, 4) is 11.5 Å². The molecule has 0 aromatic heterocycles. The van der Waals surface area contributed by atoms with Crippen molar-refractivity contribution in [1.82, 2.24) is 4.90 Å². The Balaban J connectivity index is 1.69. The summed E-state index contributed by atoms with van der Waals surface area (Å²) in [5, 5.41) is 0. The molecule has 1 aromatic rings. The summed E-state index contributed by atoms with van der Waals surface area (Å²) < 4.78 is 39.4. The van der Waals surface area contributed by atoms with E-state index < -0.39 is 22.4 Å². The van der Waals surface area contributed by atoms with Crippen molar-refractivity contribution < 1.29 is 32.2 Å². The molecule has 1 aromatic carbocycles. The van der Waals surface area contributed by atoms with Crippen LogP contribution >= 0.6 is 0 Å². The van der Waals surface area contributed by atoms with Gasteiger partial charge in [0.15, 0.2) is 16.4 Å². The third-order valence-corrected chi connectivity index (χ3v) is 7.27. The molecule has 2 fully saturated rings. The maximum atomic E-state index is 12.9. The minimum atomic E-state index is -3.12. The van der Waals surface area contributed by atoms with E-state index in [1.165, 1.54) is 26.4 Å². The van der Waals surface area contributed by atoms with Gasteiger partial charge in [-0.1, -0.05) is 12.8 Å². The van der Waals surface area contributed by atoms with Crippen LogP contribution in [-0.2, 0) is 19.4 Å². The number of ether oxygens (including phenoxy) is 3. The summed E-state index contributed by atoms with van der Waals surface area (Å²) in [6, 6.07) is 4.31. The largest absolute Gasteiger partial charge is 0.497 e. The molecule has 0 spiro atoms. The molecule has 1 saturated heterocycles. The zero-order valence-electron chi connectivity index (χ0n) is 16.8. The van der Waals surface area contributed by atoms with Crippen LogP contribution in [0.25, 0.3) is 0 Å². The molecular formula is C20H27NO7S. The number of hydrogen-bond donors (Lipinski definition) is 0. The quantitative estimate of drug-likeness (QED) is 0.615. The first-order valence-electron chi connectivity index (χ1n) is 9.75. The smallest absolute Gasteiger partial charge is 0.338 e. The predicted molar refractivity (Wildman–Crippen MR) is 106 cm³/mol. The highest BCUT2D eigenvalue weighted by Gasteiger charge is 2.39. The monoisotopic (exact) mass is 425 g/mol. The van der Waals surface area contributed by atoms with Gasteiger partial charge < -0.3 is 19.1 Å². The van der Waals surface area contributed by atoms with Gasteiger partial charge in [-0.3, -0.25) is 4.79 Å². The molecule has 9 heteroatoms. The molecule has 160 valence electrons. The Kier molecular flexibility index (Phi) is 6.66. The first-order valence-corrected chi connectivity index (χ1v) is 11.6. The van der Waals surface area contributed by atoms with E-state index in [0.29, 0.717) is 17.9 Å². The minimum Gasteiger partial charge on any atom is -0.497 e. The van der Waals surface area contributed by atoms with Gasteiger partial charge in [0, 0.05) is 18.2 Å². The summed E-state index contributed by atoms with van der Waals surface area (Å²) in [5.41, 5.74) is 0.213. The summed E-state index contributed by atoms with van der Waals surface area (Å²) >= 11 is 0. The molecule has 0 N–H and O–H groups in total. The van der Waals surface area contributed by atoms with E-state index in [0.717, 1.165) is 25.7 Å². The number of esters is 1. The Labute approximate surface area is 171 Å². The van der Waals surface area contributed by atoms with Gasteiger partial charge in [0.1, 0.15) is 11.5 Å². The molecule has 0 radical (unpaired) electrons. The molecule has 0 bridgehead atoms. The van der Waals surface area contributed by atoms with Crippen molar-refractivity contribution in [2.24, 2.45) is 0 Å². The molecular weight excluding hydrogens is 398 g/mol. The first-order chi connectivity index (χ1) is 13.8. The van der Waals surface area contributed by atoms with Gasteiger partial charge in [0.2, 0.25) is 0 Å². The van der Waals surface area contributed by atoms with Crippen molar-refractivity contribution >= 4 is 21.7 Å². The van der Waals surface area contributed by atoms with E-state index in [1.807, 2.05) is 0 Å². The van der Waals surface area contributed by atoms with Crippen molar-refractivity contribution in [3.63, 3.8) is 0 Å². The lowest BCUT2D eigenvalue weighted by Crippen LogP contribution is -2.48. The van der Waals surface area contributed by atoms with Crippen molar-refractivity contribution in [2.45, 2.75) is 44.2 Å². The van der Waals surface area contributed by atoms with E-state index in [1.54, 1.807) is 11.0 Å². The van der Waals surface area contributed by atoms with Crippen LogP contribution in [0.5, 0.6) is 11.5 Å². The van der Waals surface area contributed by atoms with E-state index in [2.05, 4.69) is 0 Å². The fourth-order valence-corrected chi connectivity index (χ4v) is 5.80. The summed E-state index contributed by atoms with van der Waals surface area (Å²) in [6.45, 7) is -0.425. The van der Waals surface area contributed by atoms with Crippen molar-refractivity contribution in [1.29, 1.82) is 0 Å². The Hall–Kier alpha value is -2.29. The number of sulfone groups is 1. The first kappa shape index (κ1) is 21.4. The molecule has 1 amide bonds. The van der Waals surface area contributed by atoms with Gasteiger partial charge >= 0.3 is 5.97 Å². The van der Waals surface area contributed by atoms with Crippen LogP contribution < -0.4 is 9.47 Å². The number of rotatable bonds is 7. The highest BCUT2D eigenvalue weighted by atomic mass is 32.2. The molecule has 1 saturated carbocycles. The van der Waals surface area contributed by atoms with Crippen LogP contribution in [-0.4, -0.2) is 69.6 Å². The third-order valence-electron chi connectivity index (χ3n) is 5.52. The number of hydrogen-bond acceptors (Lipinski definition) is 7. The lowest BCUT2D eigenvalue weighted by atomic mass is 10.1. The maximum Gasteiger partial charge on any atom is 0.338 e. The van der Waals surface area contributed by atoms with Gasteiger partial charge in [-0.15, -0.1) is 0 Å². The molecule has 8 nitrogen and oxygen atoms in total. The second-order valence-electron chi connectivity index (χ2n) is 7.47. The van der Waals surface area contributed by atoms with E-state index in [-0.39, 0.29) is 35.1 Å². The molecule has 1 aliphatic carbocycles. The SMILES string of the molecule is COc1cc(OC)cc(C(=O)OCC(=O)N(C2CCCC2)[C@H]2CCS(=O)(=O)C2)c1. The predicted octanol–water partition coefficient (Wildman–Crippen LogP) is 1.82. The standard InChI is InChI=1S/C20H27NO7S/c1-26-17-9-14(10-18(11-17)27-2)20(23)28-12-19(22)21(15-5-3-4-6-15)16-7-8-29(24,25)13-16/h9-11,15-16H,3-8,12-13H2,1-2H3/t16-/m0/s1. The number of carbonyl (C=O) groups excluding carboxylic acids is 2. The highest BCUT2D eigenvalue weighted by molar-refractivity contribution is 7.91. The molecule has 1 aliphatic heterocycles. The topological polar surface area (TPSA) is 99.2 Å². The average molecular weight is 426 g/mol. The van der Waals surface area contributed by atoms with Gasteiger partial charge in [0.05, 0.1) is 31.3 Å². The number of amides is 1. The lowest BCUT2D eigenvalue weighted by molar-refractivity contribution is -0.139. The van der Waals surface area contributed by atoms with Gasteiger partial charge in [-0.05, 0) is 31.4 Å². The molecule has 29 heavy (non-hydrogen) atoms.